The van der Waals surface area contributed by atoms with Crippen LogP contribution >= 0.6 is 0 Å². The van der Waals surface area contributed by atoms with Crippen LogP contribution in [0.25, 0.3) is 0 Å². The molecule has 2 nitrogen and oxygen atoms in total. The second kappa shape index (κ2) is 5.13. The van der Waals surface area contributed by atoms with Crippen molar-refractivity contribution in [2.45, 2.75) is 46.2 Å². The van der Waals surface area contributed by atoms with Gasteiger partial charge in [-0.1, -0.05) is 26.0 Å². The highest BCUT2D eigenvalue weighted by Crippen LogP contribution is 2.19. The molecule has 0 bridgehead atoms. The molecule has 0 amide bonds. The van der Waals surface area contributed by atoms with Crippen molar-refractivity contribution in [1.82, 2.24) is 10.2 Å². The maximum Gasteiger partial charge on any atom is 0.0253 e. The van der Waals surface area contributed by atoms with Crippen LogP contribution in [0.5, 0.6) is 0 Å². The van der Waals surface area contributed by atoms with Gasteiger partial charge in [0.15, 0.2) is 0 Å². The molecule has 0 radical (unpaired) electrons. The molecule has 0 saturated carbocycles. The fourth-order valence-electron chi connectivity index (χ4n) is 2.29. The van der Waals surface area contributed by atoms with Crippen molar-refractivity contribution in [3.63, 3.8) is 0 Å². The molecule has 0 aromatic carbocycles. The van der Waals surface area contributed by atoms with Gasteiger partial charge in [-0.15, -0.1) is 0 Å². The van der Waals surface area contributed by atoms with E-state index < -0.39 is 0 Å². The zero-order chi connectivity index (χ0) is 11.5. The first-order valence-corrected chi connectivity index (χ1v) is 6.06. The first-order chi connectivity index (χ1) is 6.96. The molecule has 0 aromatic rings. The van der Waals surface area contributed by atoms with Gasteiger partial charge in [-0.05, 0) is 26.7 Å². The quantitative estimate of drug-likeness (QED) is 0.719. The van der Waals surface area contributed by atoms with E-state index in [1.807, 2.05) is 0 Å². The standard InChI is InChI=1S/C13H26N2/c1-6-7-8-15-10-13(4,5)14-9-12(15)11(2)3/h6-7,11-12,14H,8-10H2,1-5H3/b7-6+. The normalized spacial score (nSPS) is 27.7. The minimum atomic E-state index is 0.257. The molecule has 1 aliphatic rings. The minimum Gasteiger partial charge on any atom is -0.309 e. The zero-order valence-corrected chi connectivity index (χ0v) is 10.9. The van der Waals surface area contributed by atoms with Crippen LogP contribution in [0.2, 0.25) is 0 Å². The van der Waals surface area contributed by atoms with Gasteiger partial charge in [0.2, 0.25) is 0 Å². The predicted molar refractivity (Wildman–Crippen MR) is 67.1 cm³/mol. The molecule has 1 rings (SSSR count). The van der Waals surface area contributed by atoms with E-state index in [9.17, 15) is 0 Å². The van der Waals surface area contributed by atoms with Crippen molar-refractivity contribution in [2.24, 2.45) is 5.92 Å². The Morgan fingerprint density at radius 2 is 2.13 bits per heavy atom. The van der Waals surface area contributed by atoms with Gasteiger partial charge in [-0.25, -0.2) is 0 Å². The molecule has 1 fully saturated rings. The lowest BCUT2D eigenvalue weighted by Gasteiger charge is -2.46. The van der Waals surface area contributed by atoms with Crippen molar-refractivity contribution in [3.05, 3.63) is 12.2 Å². The van der Waals surface area contributed by atoms with Crippen LogP contribution in [0.3, 0.4) is 0 Å². The Bertz CT molecular complexity index is 219. The molecular formula is C13H26N2. The summed E-state index contributed by atoms with van der Waals surface area (Å²) < 4.78 is 0. The van der Waals surface area contributed by atoms with Crippen LogP contribution in [0, 0.1) is 5.92 Å². The van der Waals surface area contributed by atoms with Crippen LogP contribution < -0.4 is 5.32 Å². The van der Waals surface area contributed by atoms with Gasteiger partial charge in [0.1, 0.15) is 0 Å². The fourth-order valence-corrected chi connectivity index (χ4v) is 2.29. The Labute approximate surface area is 94.7 Å². The van der Waals surface area contributed by atoms with Crippen LogP contribution in [0.1, 0.15) is 34.6 Å². The molecule has 1 heterocycles. The van der Waals surface area contributed by atoms with Crippen LogP contribution in [0.4, 0.5) is 0 Å². The van der Waals surface area contributed by atoms with Gasteiger partial charge in [-0.2, -0.15) is 0 Å². The van der Waals surface area contributed by atoms with E-state index in [2.05, 4.69) is 57.0 Å². The molecular weight excluding hydrogens is 184 g/mol. The summed E-state index contributed by atoms with van der Waals surface area (Å²) in [4.78, 5) is 2.60. The van der Waals surface area contributed by atoms with E-state index in [0.29, 0.717) is 6.04 Å². The number of hydrogen-bond donors (Lipinski definition) is 1. The number of hydrogen-bond acceptors (Lipinski definition) is 2. The molecule has 0 spiro atoms. The highest BCUT2D eigenvalue weighted by atomic mass is 15.2. The Kier molecular flexibility index (Phi) is 4.35. The summed E-state index contributed by atoms with van der Waals surface area (Å²) in [5.74, 6) is 0.721. The molecule has 1 atom stereocenters. The zero-order valence-electron chi connectivity index (χ0n) is 10.9. The summed E-state index contributed by atoms with van der Waals surface area (Å²) in [6.07, 6.45) is 4.41. The van der Waals surface area contributed by atoms with Crippen molar-refractivity contribution >= 4 is 0 Å². The van der Waals surface area contributed by atoms with Gasteiger partial charge < -0.3 is 5.32 Å². The Hall–Kier alpha value is -0.340. The monoisotopic (exact) mass is 210 g/mol. The molecule has 2 heteroatoms. The summed E-state index contributed by atoms with van der Waals surface area (Å²) in [5, 5.41) is 3.63. The van der Waals surface area contributed by atoms with Crippen molar-refractivity contribution in [1.29, 1.82) is 0 Å². The molecule has 1 N–H and O–H groups in total. The van der Waals surface area contributed by atoms with E-state index in [-0.39, 0.29) is 5.54 Å². The topological polar surface area (TPSA) is 15.3 Å². The van der Waals surface area contributed by atoms with Gasteiger partial charge in [-0.3, -0.25) is 4.90 Å². The lowest BCUT2D eigenvalue weighted by Crippen LogP contribution is -2.62. The second-order valence-corrected chi connectivity index (χ2v) is 5.57. The number of allylic oxidation sites excluding steroid dienone is 1. The van der Waals surface area contributed by atoms with E-state index >= 15 is 0 Å². The largest absolute Gasteiger partial charge is 0.309 e. The summed E-state index contributed by atoms with van der Waals surface area (Å²) in [5.41, 5.74) is 0.257. The summed E-state index contributed by atoms with van der Waals surface area (Å²) in [6.45, 7) is 14.6. The lowest BCUT2D eigenvalue weighted by molar-refractivity contribution is 0.0805. The Balaban J connectivity index is 2.64. The molecule has 88 valence electrons. The van der Waals surface area contributed by atoms with E-state index in [1.165, 1.54) is 0 Å². The van der Waals surface area contributed by atoms with E-state index in [4.69, 9.17) is 0 Å². The maximum atomic E-state index is 3.63. The second-order valence-electron chi connectivity index (χ2n) is 5.57. The van der Waals surface area contributed by atoms with E-state index in [1.54, 1.807) is 0 Å². The van der Waals surface area contributed by atoms with Gasteiger partial charge in [0.25, 0.3) is 0 Å². The van der Waals surface area contributed by atoms with Gasteiger partial charge in [0, 0.05) is 31.2 Å². The fraction of sp³-hybridized carbons (Fsp3) is 0.846. The SMILES string of the molecule is C/C=C/CN1CC(C)(C)NCC1C(C)C. The maximum absolute atomic E-state index is 3.63. The lowest BCUT2D eigenvalue weighted by atomic mass is 9.93. The number of nitrogens with one attached hydrogen (secondary N) is 1. The average Bonchev–Trinajstić information content (AvgIpc) is 2.12. The van der Waals surface area contributed by atoms with Gasteiger partial charge >= 0.3 is 0 Å². The summed E-state index contributed by atoms with van der Waals surface area (Å²) in [6, 6.07) is 0.675. The highest BCUT2D eigenvalue weighted by molar-refractivity contribution is 4.96. The first kappa shape index (κ1) is 12.7. The average molecular weight is 210 g/mol. The number of rotatable bonds is 3. The van der Waals surface area contributed by atoms with Crippen molar-refractivity contribution < 1.29 is 0 Å². The summed E-state index contributed by atoms with van der Waals surface area (Å²) >= 11 is 0. The van der Waals surface area contributed by atoms with Crippen LogP contribution in [-0.2, 0) is 0 Å². The highest BCUT2D eigenvalue weighted by Gasteiger charge is 2.32. The molecule has 1 saturated heterocycles. The van der Waals surface area contributed by atoms with Crippen LogP contribution in [0.15, 0.2) is 12.2 Å². The van der Waals surface area contributed by atoms with Crippen molar-refractivity contribution in [3.8, 4) is 0 Å². The molecule has 0 aliphatic carbocycles. The third-order valence-electron chi connectivity index (χ3n) is 3.20. The smallest absolute Gasteiger partial charge is 0.0253 e. The Morgan fingerprint density at radius 3 is 2.67 bits per heavy atom. The first-order valence-electron chi connectivity index (χ1n) is 6.06. The molecule has 15 heavy (non-hydrogen) atoms. The molecule has 1 unspecified atom stereocenters. The molecule has 1 aliphatic heterocycles. The number of piperazine rings is 1. The molecule has 0 aromatic heterocycles. The minimum absolute atomic E-state index is 0.257. The third kappa shape index (κ3) is 3.62. The summed E-state index contributed by atoms with van der Waals surface area (Å²) in [7, 11) is 0. The van der Waals surface area contributed by atoms with E-state index in [0.717, 1.165) is 25.6 Å². The Morgan fingerprint density at radius 1 is 1.47 bits per heavy atom. The predicted octanol–water partition coefficient (Wildman–Crippen LogP) is 2.27. The van der Waals surface area contributed by atoms with Gasteiger partial charge in [0.05, 0.1) is 0 Å². The van der Waals surface area contributed by atoms with Crippen LogP contribution in [-0.4, -0.2) is 36.1 Å². The number of nitrogens with zero attached hydrogens (tertiary/aromatic N) is 1. The third-order valence-corrected chi connectivity index (χ3v) is 3.20. The van der Waals surface area contributed by atoms with Crippen molar-refractivity contribution in [2.75, 3.05) is 19.6 Å².